The molecule has 1 unspecified atom stereocenters. The maximum Gasteiger partial charge on any atom is 0.108 e. The molecule has 0 amide bonds. The molecule has 0 saturated carbocycles. The molecule has 0 radical (unpaired) electrons. The third kappa shape index (κ3) is 6.97. The van der Waals surface area contributed by atoms with E-state index in [-0.39, 0.29) is 0 Å². The zero-order valence-electron chi connectivity index (χ0n) is 12.9. The highest BCUT2D eigenvalue weighted by atomic mass is 32.4. The van der Waals surface area contributed by atoms with E-state index in [1.807, 2.05) is 6.21 Å². The van der Waals surface area contributed by atoms with Gasteiger partial charge in [0.25, 0.3) is 0 Å². The van der Waals surface area contributed by atoms with Gasteiger partial charge in [-0.1, -0.05) is 50.8 Å². The first-order valence-electron chi connectivity index (χ1n) is 7.15. The number of nitrogens with zero attached hydrogens (tertiary/aromatic N) is 1. The van der Waals surface area contributed by atoms with Gasteiger partial charge in [-0.3, -0.25) is 4.99 Å². The van der Waals surface area contributed by atoms with E-state index in [0.717, 1.165) is 11.8 Å². The quantitative estimate of drug-likeness (QED) is 0.500. The predicted octanol–water partition coefficient (Wildman–Crippen LogP) is 5.15. The SMILES string of the molecule is CCC(CC/N=C/c1ccccc1C)S[Si](C)(C)C. The molecule has 1 aromatic carbocycles. The fourth-order valence-corrected chi connectivity index (χ4v) is 7.20. The zero-order valence-corrected chi connectivity index (χ0v) is 14.8. The van der Waals surface area contributed by atoms with E-state index in [4.69, 9.17) is 0 Å². The second-order valence-corrected chi connectivity index (χ2v) is 15.4. The van der Waals surface area contributed by atoms with Crippen molar-refractivity contribution in [1.82, 2.24) is 0 Å². The summed E-state index contributed by atoms with van der Waals surface area (Å²) in [6.45, 7) is 12.7. The Hall–Kier alpha value is -0.543. The van der Waals surface area contributed by atoms with Gasteiger partial charge >= 0.3 is 0 Å². The standard InChI is InChI=1S/C16H27NSSi/c1-6-16(18-19(3,4)5)11-12-17-13-15-10-8-7-9-14(15)2/h7-10,13,16H,6,11-12H2,1-5H3/b17-13+. The van der Waals surface area contributed by atoms with Crippen LogP contribution in [0, 0.1) is 6.92 Å². The minimum absolute atomic E-state index is 0.778. The monoisotopic (exact) mass is 293 g/mol. The van der Waals surface area contributed by atoms with E-state index in [1.54, 1.807) is 0 Å². The summed E-state index contributed by atoms with van der Waals surface area (Å²) in [5.74, 6) is 0. The van der Waals surface area contributed by atoms with E-state index in [2.05, 4.69) is 74.0 Å². The molecule has 0 aliphatic rings. The molecule has 1 nitrogen and oxygen atoms in total. The summed E-state index contributed by atoms with van der Waals surface area (Å²) in [6.07, 6.45) is 4.49. The maximum atomic E-state index is 4.60. The van der Waals surface area contributed by atoms with Crippen LogP contribution in [0.15, 0.2) is 29.3 Å². The lowest BCUT2D eigenvalue weighted by Crippen LogP contribution is -2.20. The van der Waals surface area contributed by atoms with Crippen LogP contribution in [0.25, 0.3) is 0 Å². The summed E-state index contributed by atoms with van der Waals surface area (Å²) in [5, 5.41) is 0.778. The summed E-state index contributed by atoms with van der Waals surface area (Å²) in [5.41, 5.74) is 2.54. The molecule has 1 aromatic rings. The van der Waals surface area contributed by atoms with Gasteiger partial charge in [0.1, 0.15) is 7.22 Å². The fraction of sp³-hybridized carbons (Fsp3) is 0.562. The van der Waals surface area contributed by atoms with Crippen LogP contribution in [0.4, 0.5) is 0 Å². The highest BCUT2D eigenvalue weighted by Gasteiger charge is 2.19. The summed E-state index contributed by atoms with van der Waals surface area (Å²) in [6, 6.07) is 8.42. The molecule has 19 heavy (non-hydrogen) atoms. The molecule has 0 bridgehead atoms. The molecule has 0 heterocycles. The number of hydrogen-bond donors (Lipinski definition) is 0. The largest absolute Gasteiger partial charge is 0.293 e. The van der Waals surface area contributed by atoms with Crippen molar-refractivity contribution in [3.63, 3.8) is 0 Å². The summed E-state index contributed by atoms with van der Waals surface area (Å²) in [4.78, 5) is 4.60. The van der Waals surface area contributed by atoms with Gasteiger partial charge in [-0.2, -0.15) is 11.2 Å². The number of benzene rings is 1. The number of aryl methyl sites for hydroxylation is 1. The topological polar surface area (TPSA) is 12.4 Å². The average molecular weight is 294 g/mol. The Labute approximate surface area is 123 Å². The highest BCUT2D eigenvalue weighted by molar-refractivity contribution is 8.29. The van der Waals surface area contributed by atoms with Crippen LogP contribution in [-0.4, -0.2) is 25.2 Å². The first kappa shape index (κ1) is 16.5. The van der Waals surface area contributed by atoms with E-state index in [9.17, 15) is 0 Å². The van der Waals surface area contributed by atoms with E-state index in [0.29, 0.717) is 0 Å². The van der Waals surface area contributed by atoms with Crippen molar-refractivity contribution in [1.29, 1.82) is 0 Å². The number of aliphatic imine (C=N–C) groups is 1. The molecule has 0 aliphatic carbocycles. The van der Waals surface area contributed by atoms with Gasteiger partial charge in [-0.25, -0.2) is 0 Å². The molecular weight excluding hydrogens is 266 g/mol. The third-order valence-electron chi connectivity index (χ3n) is 2.97. The van der Waals surface area contributed by atoms with Crippen molar-refractivity contribution in [2.45, 2.75) is 51.6 Å². The Morgan fingerprint density at radius 1 is 1.26 bits per heavy atom. The maximum absolute atomic E-state index is 4.60. The van der Waals surface area contributed by atoms with Gasteiger partial charge in [0.15, 0.2) is 0 Å². The molecular formula is C16H27NSSi. The van der Waals surface area contributed by atoms with Crippen LogP contribution in [0.2, 0.25) is 19.6 Å². The van der Waals surface area contributed by atoms with Crippen LogP contribution in [0.3, 0.4) is 0 Å². The molecule has 106 valence electrons. The van der Waals surface area contributed by atoms with Crippen molar-refractivity contribution in [3.8, 4) is 0 Å². The van der Waals surface area contributed by atoms with Gasteiger partial charge < -0.3 is 0 Å². The second-order valence-electron chi connectivity index (χ2n) is 5.94. The molecule has 0 saturated heterocycles. The van der Waals surface area contributed by atoms with Gasteiger partial charge in [0, 0.05) is 18.0 Å². The second kappa shape index (κ2) is 7.90. The first-order valence-corrected chi connectivity index (χ1v) is 12.3. The minimum Gasteiger partial charge on any atom is -0.293 e. The third-order valence-corrected chi connectivity index (χ3v) is 7.71. The summed E-state index contributed by atoms with van der Waals surface area (Å²) in [7, 11) is -1.01. The number of rotatable bonds is 7. The molecule has 0 fully saturated rings. The predicted molar refractivity (Wildman–Crippen MR) is 93.3 cm³/mol. The van der Waals surface area contributed by atoms with Crippen molar-refractivity contribution in [2.75, 3.05) is 6.54 Å². The minimum atomic E-state index is -1.01. The van der Waals surface area contributed by atoms with Crippen LogP contribution < -0.4 is 0 Å². The molecule has 1 rings (SSSR count). The lowest BCUT2D eigenvalue weighted by atomic mass is 10.1. The van der Waals surface area contributed by atoms with Gasteiger partial charge in [-0.15, -0.1) is 0 Å². The van der Waals surface area contributed by atoms with Crippen molar-refractivity contribution < 1.29 is 0 Å². The van der Waals surface area contributed by atoms with Crippen LogP contribution in [0.5, 0.6) is 0 Å². The molecule has 3 heteroatoms. The Balaban J connectivity index is 2.42. The van der Waals surface area contributed by atoms with Gasteiger partial charge in [-0.05, 0) is 30.9 Å². The molecule has 0 aromatic heterocycles. The molecule has 1 atom stereocenters. The van der Waals surface area contributed by atoms with Crippen LogP contribution >= 0.6 is 11.2 Å². The van der Waals surface area contributed by atoms with Gasteiger partial charge in [0.05, 0.1) is 0 Å². The average Bonchev–Trinajstić information content (AvgIpc) is 2.33. The van der Waals surface area contributed by atoms with E-state index >= 15 is 0 Å². The summed E-state index contributed by atoms with van der Waals surface area (Å²) < 4.78 is 0. The zero-order chi connectivity index (χ0) is 14.3. The highest BCUT2D eigenvalue weighted by Crippen LogP contribution is 2.28. The normalized spacial score (nSPS) is 13.9. The van der Waals surface area contributed by atoms with Crippen molar-refractivity contribution in [3.05, 3.63) is 35.4 Å². The Kier molecular flexibility index (Phi) is 6.87. The molecule has 0 spiro atoms. The Morgan fingerprint density at radius 3 is 2.53 bits per heavy atom. The smallest absolute Gasteiger partial charge is 0.108 e. The number of hydrogen-bond acceptors (Lipinski definition) is 2. The lowest BCUT2D eigenvalue weighted by Gasteiger charge is -2.22. The van der Waals surface area contributed by atoms with Crippen molar-refractivity contribution >= 4 is 24.6 Å². The van der Waals surface area contributed by atoms with Crippen LogP contribution in [0.1, 0.15) is 30.9 Å². The van der Waals surface area contributed by atoms with E-state index in [1.165, 1.54) is 24.0 Å². The fourth-order valence-electron chi connectivity index (χ4n) is 1.96. The Morgan fingerprint density at radius 2 is 1.95 bits per heavy atom. The molecule has 0 N–H and O–H groups in total. The summed E-state index contributed by atoms with van der Waals surface area (Å²) >= 11 is 2.22. The van der Waals surface area contributed by atoms with Gasteiger partial charge in [0.2, 0.25) is 0 Å². The van der Waals surface area contributed by atoms with Crippen LogP contribution in [-0.2, 0) is 0 Å². The van der Waals surface area contributed by atoms with Crippen molar-refractivity contribution in [2.24, 2.45) is 4.99 Å². The lowest BCUT2D eigenvalue weighted by molar-refractivity contribution is 0.750. The first-order chi connectivity index (χ1) is 8.92. The Bertz CT molecular complexity index is 409. The van der Waals surface area contributed by atoms with E-state index < -0.39 is 7.22 Å². The molecule has 0 aliphatic heterocycles.